The third kappa shape index (κ3) is 3.09. The Bertz CT molecular complexity index is 786. The minimum absolute atomic E-state index is 0.0758. The molecule has 1 saturated heterocycles. The predicted molar refractivity (Wildman–Crippen MR) is 78.3 cm³/mol. The fourth-order valence-electron chi connectivity index (χ4n) is 2.09. The van der Waals surface area contributed by atoms with E-state index in [1.165, 1.54) is 6.08 Å². The van der Waals surface area contributed by atoms with Gasteiger partial charge in [0.1, 0.15) is 16.4 Å². The maximum atomic E-state index is 12.8. The highest BCUT2D eigenvalue weighted by Gasteiger charge is 2.34. The first-order valence-corrected chi connectivity index (χ1v) is 7.46. The van der Waals surface area contributed by atoms with E-state index >= 15 is 0 Å². The standard InChI is InChI=1S/C14H7ClF3NO3S/c15-8-2-1-6(14(16,17)18)5-7(8)9-3-4-10(22-9)11-12(20)19-13(21)23-11/h1-3,5H,4H2,(H,19,20,21). The molecule has 1 aromatic carbocycles. The smallest absolute Gasteiger partial charge is 0.416 e. The van der Waals surface area contributed by atoms with Gasteiger partial charge in [-0.1, -0.05) is 11.6 Å². The van der Waals surface area contributed by atoms with Gasteiger partial charge in [-0.2, -0.15) is 13.2 Å². The zero-order valence-electron chi connectivity index (χ0n) is 11.2. The van der Waals surface area contributed by atoms with E-state index in [4.69, 9.17) is 16.3 Å². The number of alkyl halides is 3. The van der Waals surface area contributed by atoms with Crippen LogP contribution in [0.15, 0.2) is 34.9 Å². The lowest BCUT2D eigenvalue weighted by molar-refractivity contribution is -0.137. The van der Waals surface area contributed by atoms with E-state index < -0.39 is 22.9 Å². The molecule has 2 amide bonds. The van der Waals surface area contributed by atoms with Crippen LogP contribution in [0.3, 0.4) is 0 Å². The van der Waals surface area contributed by atoms with Crippen molar-refractivity contribution in [2.24, 2.45) is 0 Å². The minimum Gasteiger partial charge on any atom is -0.460 e. The molecule has 0 aromatic heterocycles. The molecule has 23 heavy (non-hydrogen) atoms. The lowest BCUT2D eigenvalue weighted by Crippen LogP contribution is -2.18. The molecular formula is C14H7ClF3NO3S. The number of carbonyl (C=O) groups excluding carboxylic acids is 2. The summed E-state index contributed by atoms with van der Waals surface area (Å²) < 4.78 is 43.8. The van der Waals surface area contributed by atoms with Gasteiger partial charge in [-0.05, 0) is 36.0 Å². The number of carbonyl (C=O) groups is 2. The van der Waals surface area contributed by atoms with E-state index in [0.29, 0.717) is 11.8 Å². The van der Waals surface area contributed by atoms with E-state index in [9.17, 15) is 22.8 Å². The molecule has 0 radical (unpaired) electrons. The minimum atomic E-state index is -4.51. The summed E-state index contributed by atoms with van der Waals surface area (Å²) in [5.74, 6) is -0.252. The Hall–Kier alpha value is -1.93. The molecule has 9 heteroatoms. The van der Waals surface area contributed by atoms with Crippen LogP contribution in [-0.2, 0) is 15.7 Å². The molecule has 0 spiro atoms. The Morgan fingerprint density at radius 2 is 2.00 bits per heavy atom. The van der Waals surface area contributed by atoms with Crippen molar-refractivity contribution >= 4 is 40.3 Å². The van der Waals surface area contributed by atoms with Crippen LogP contribution in [0.1, 0.15) is 17.5 Å². The quantitative estimate of drug-likeness (QED) is 0.757. The van der Waals surface area contributed by atoms with Crippen LogP contribution in [0.2, 0.25) is 5.02 Å². The van der Waals surface area contributed by atoms with Crippen LogP contribution >= 0.6 is 23.4 Å². The van der Waals surface area contributed by atoms with E-state index in [1.54, 1.807) is 0 Å². The summed E-state index contributed by atoms with van der Waals surface area (Å²) in [6.07, 6.45) is -2.81. The third-order valence-electron chi connectivity index (χ3n) is 3.13. The summed E-state index contributed by atoms with van der Waals surface area (Å²) in [7, 11) is 0. The lowest BCUT2D eigenvalue weighted by Gasteiger charge is -2.12. The normalized spacial score (nSPS) is 21.3. The summed E-state index contributed by atoms with van der Waals surface area (Å²) in [6.45, 7) is 0. The van der Waals surface area contributed by atoms with Crippen molar-refractivity contribution in [2.75, 3.05) is 0 Å². The van der Waals surface area contributed by atoms with Gasteiger partial charge >= 0.3 is 6.18 Å². The van der Waals surface area contributed by atoms with E-state index in [1.807, 2.05) is 0 Å². The number of hydrogen-bond acceptors (Lipinski definition) is 4. The molecule has 4 nitrogen and oxygen atoms in total. The summed E-state index contributed by atoms with van der Waals surface area (Å²) >= 11 is 6.63. The molecule has 2 heterocycles. The van der Waals surface area contributed by atoms with Crippen LogP contribution in [0.25, 0.3) is 5.76 Å². The van der Waals surface area contributed by atoms with Crippen molar-refractivity contribution in [3.05, 3.63) is 51.1 Å². The summed E-state index contributed by atoms with van der Waals surface area (Å²) in [6, 6.07) is 2.89. The number of imide groups is 1. The number of halogens is 4. The lowest BCUT2D eigenvalue weighted by atomic mass is 10.1. The number of thioether (sulfide) groups is 1. The van der Waals surface area contributed by atoms with Gasteiger partial charge in [0.2, 0.25) is 0 Å². The molecule has 0 unspecified atom stereocenters. The fourth-order valence-corrected chi connectivity index (χ4v) is 3.02. The van der Waals surface area contributed by atoms with Crippen molar-refractivity contribution in [3.63, 3.8) is 0 Å². The largest absolute Gasteiger partial charge is 0.460 e. The average molecular weight is 362 g/mol. The number of benzene rings is 1. The van der Waals surface area contributed by atoms with E-state index in [0.717, 1.165) is 18.2 Å². The van der Waals surface area contributed by atoms with Crippen molar-refractivity contribution in [3.8, 4) is 0 Å². The van der Waals surface area contributed by atoms with Gasteiger partial charge in [0.25, 0.3) is 11.1 Å². The number of allylic oxidation sites excluding steroid dienone is 1. The Labute approximate surface area is 137 Å². The molecule has 2 aliphatic rings. The Balaban J connectivity index is 1.92. The molecule has 1 fully saturated rings. The van der Waals surface area contributed by atoms with Crippen molar-refractivity contribution < 1.29 is 27.5 Å². The number of ether oxygens (including phenoxy) is 1. The molecule has 1 N–H and O–H groups in total. The average Bonchev–Trinajstić information content (AvgIpc) is 3.04. The van der Waals surface area contributed by atoms with Crippen molar-refractivity contribution in [1.82, 2.24) is 5.32 Å². The topological polar surface area (TPSA) is 55.4 Å². The van der Waals surface area contributed by atoms with Crippen molar-refractivity contribution in [1.29, 1.82) is 0 Å². The van der Waals surface area contributed by atoms with Gasteiger partial charge < -0.3 is 4.74 Å². The second-order valence-corrected chi connectivity index (χ2v) is 6.05. The highest BCUT2D eigenvalue weighted by Crippen LogP contribution is 2.40. The fraction of sp³-hybridized carbons (Fsp3) is 0.143. The molecule has 0 atom stereocenters. The van der Waals surface area contributed by atoms with Crippen LogP contribution in [0.5, 0.6) is 0 Å². The molecule has 0 bridgehead atoms. The second-order valence-electron chi connectivity index (χ2n) is 4.66. The van der Waals surface area contributed by atoms with E-state index in [2.05, 4.69) is 5.32 Å². The number of amides is 2. The van der Waals surface area contributed by atoms with Crippen LogP contribution in [0.4, 0.5) is 18.0 Å². The number of nitrogens with one attached hydrogen (secondary N) is 1. The highest BCUT2D eigenvalue weighted by atomic mass is 35.5. The van der Waals surface area contributed by atoms with Gasteiger partial charge in [-0.25, -0.2) is 0 Å². The van der Waals surface area contributed by atoms with Crippen LogP contribution in [-0.4, -0.2) is 11.1 Å². The molecule has 0 aliphatic carbocycles. The van der Waals surface area contributed by atoms with E-state index in [-0.39, 0.29) is 33.4 Å². The van der Waals surface area contributed by atoms with Gasteiger partial charge in [0, 0.05) is 12.0 Å². The number of hydrogen-bond donors (Lipinski definition) is 1. The monoisotopic (exact) mass is 361 g/mol. The molecular weight excluding hydrogens is 355 g/mol. The van der Waals surface area contributed by atoms with Gasteiger partial charge in [0.15, 0.2) is 0 Å². The molecule has 3 rings (SSSR count). The molecule has 1 aromatic rings. The predicted octanol–water partition coefficient (Wildman–Crippen LogP) is 4.31. The zero-order chi connectivity index (χ0) is 16.8. The first-order chi connectivity index (χ1) is 10.8. The highest BCUT2D eigenvalue weighted by molar-refractivity contribution is 8.18. The Morgan fingerprint density at radius 3 is 2.61 bits per heavy atom. The zero-order valence-corrected chi connectivity index (χ0v) is 12.7. The second kappa shape index (κ2) is 5.61. The van der Waals surface area contributed by atoms with Crippen LogP contribution in [0, 0.1) is 0 Å². The summed E-state index contributed by atoms with van der Waals surface area (Å²) in [5.41, 5.74) is -0.780. The number of rotatable bonds is 1. The SMILES string of the molecule is O=C1NC(=O)C(=C2CC=C(c3cc(C(F)(F)F)ccc3Cl)O2)S1. The van der Waals surface area contributed by atoms with Crippen LogP contribution < -0.4 is 5.32 Å². The first kappa shape index (κ1) is 15.9. The summed E-state index contributed by atoms with van der Waals surface area (Å²) in [5, 5.41) is 1.66. The summed E-state index contributed by atoms with van der Waals surface area (Å²) in [4.78, 5) is 22.8. The Morgan fingerprint density at radius 1 is 1.26 bits per heavy atom. The van der Waals surface area contributed by atoms with Crippen molar-refractivity contribution in [2.45, 2.75) is 12.6 Å². The molecule has 120 valence electrons. The third-order valence-corrected chi connectivity index (χ3v) is 4.37. The van der Waals surface area contributed by atoms with Gasteiger partial charge in [-0.3, -0.25) is 14.9 Å². The maximum absolute atomic E-state index is 12.8. The maximum Gasteiger partial charge on any atom is 0.416 e. The first-order valence-electron chi connectivity index (χ1n) is 6.27. The van der Waals surface area contributed by atoms with Gasteiger partial charge in [0.05, 0.1) is 10.6 Å². The molecule has 0 saturated carbocycles. The Kier molecular flexibility index (Phi) is 3.89. The molecule has 2 aliphatic heterocycles. The van der Waals surface area contributed by atoms with Gasteiger partial charge in [-0.15, -0.1) is 0 Å².